The Balaban J connectivity index is 1.69. The summed E-state index contributed by atoms with van der Waals surface area (Å²) in [5, 5.41) is 5.82. The van der Waals surface area contributed by atoms with E-state index in [1.165, 1.54) is 30.6 Å². The highest BCUT2D eigenvalue weighted by molar-refractivity contribution is 6.30. The van der Waals surface area contributed by atoms with Crippen LogP contribution in [-0.2, 0) is 0 Å². The first-order valence-corrected chi connectivity index (χ1v) is 8.15. The van der Waals surface area contributed by atoms with Gasteiger partial charge in [-0.05, 0) is 30.7 Å². The molecule has 0 spiro atoms. The van der Waals surface area contributed by atoms with Crippen molar-refractivity contribution in [3.05, 3.63) is 58.1 Å². The lowest BCUT2D eigenvalue weighted by molar-refractivity contribution is 0.0921. The Morgan fingerprint density at radius 3 is 1.96 bits per heavy atom. The first-order chi connectivity index (χ1) is 12.0. The molecule has 2 aromatic rings. The first kappa shape index (κ1) is 19.1. The van der Waals surface area contributed by atoms with E-state index >= 15 is 0 Å². The highest BCUT2D eigenvalue weighted by Crippen LogP contribution is 2.07. The van der Waals surface area contributed by atoms with E-state index in [0.717, 1.165) is 0 Å². The molecule has 0 saturated carbocycles. The van der Waals surface area contributed by atoms with Crippen LogP contribution >= 0.6 is 23.2 Å². The monoisotopic (exact) mass is 384 g/mol. The van der Waals surface area contributed by atoms with E-state index in [2.05, 4.69) is 20.6 Å². The van der Waals surface area contributed by atoms with Crippen LogP contribution in [0, 0.1) is 0 Å². The van der Waals surface area contributed by atoms with Crippen LogP contribution < -0.4 is 10.6 Å². The number of nitrogens with zero attached hydrogens (tertiary/aromatic N) is 2. The number of halogens is 3. The average Bonchev–Trinajstić information content (AvgIpc) is 2.60. The molecule has 2 rings (SSSR count). The van der Waals surface area contributed by atoms with Crippen LogP contribution in [0.1, 0.15) is 27.4 Å². The van der Waals surface area contributed by atoms with Crippen LogP contribution in [0.3, 0.4) is 0 Å². The maximum absolute atomic E-state index is 13.8. The van der Waals surface area contributed by atoms with E-state index in [9.17, 15) is 14.0 Å². The molecule has 25 heavy (non-hydrogen) atoms. The number of hydrogen-bond donors (Lipinski definition) is 2. The summed E-state index contributed by atoms with van der Waals surface area (Å²) >= 11 is 11.4. The van der Waals surface area contributed by atoms with Crippen molar-refractivity contribution in [1.29, 1.82) is 0 Å². The van der Waals surface area contributed by atoms with Gasteiger partial charge >= 0.3 is 0 Å². The van der Waals surface area contributed by atoms with Crippen LogP contribution in [0.5, 0.6) is 0 Å². The molecule has 132 valence electrons. The van der Waals surface area contributed by atoms with Crippen LogP contribution in [0.2, 0.25) is 10.0 Å². The fraction of sp³-hybridized carbons (Fsp3) is 0.250. The molecule has 0 aromatic carbocycles. The molecule has 1 atom stereocenters. The van der Waals surface area contributed by atoms with Crippen LogP contribution in [0.4, 0.5) is 4.39 Å². The zero-order valence-corrected chi connectivity index (χ0v) is 14.5. The second kappa shape index (κ2) is 9.29. The number of alkyl halides is 1. The van der Waals surface area contributed by atoms with Crippen molar-refractivity contribution in [2.75, 3.05) is 13.1 Å². The minimum Gasteiger partial charge on any atom is -0.351 e. The summed E-state index contributed by atoms with van der Waals surface area (Å²) in [5.74, 6) is -0.910. The Bertz CT molecular complexity index is 726. The summed E-state index contributed by atoms with van der Waals surface area (Å²) in [4.78, 5) is 31.3. The minimum absolute atomic E-state index is 0.0493. The van der Waals surface area contributed by atoms with Gasteiger partial charge in [0, 0.05) is 25.5 Å². The highest BCUT2D eigenvalue weighted by Gasteiger charge is 2.12. The standard InChI is InChI=1S/C16H15Cl2FN4O2/c17-10-1-3-13(21-7-10)15(24)20-6-5-12(19)9-23-16(25)14-4-2-11(18)8-22-14/h1-4,7-8,12H,5-6,9H2,(H,20,24)(H,23,25)/t12-/m0/s1. The van der Waals surface area contributed by atoms with Crippen molar-refractivity contribution in [2.24, 2.45) is 0 Å². The molecule has 0 bridgehead atoms. The zero-order chi connectivity index (χ0) is 18.2. The Labute approximate surface area is 153 Å². The fourth-order valence-electron chi connectivity index (χ4n) is 1.85. The Hall–Kier alpha value is -2.25. The van der Waals surface area contributed by atoms with Gasteiger partial charge in [0.25, 0.3) is 11.8 Å². The number of pyridine rings is 2. The van der Waals surface area contributed by atoms with Gasteiger partial charge in [-0.1, -0.05) is 23.2 Å². The summed E-state index contributed by atoms with van der Waals surface area (Å²) in [6.45, 7) is -0.0718. The molecule has 0 aliphatic rings. The number of nitrogens with one attached hydrogen (secondary N) is 2. The van der Waals surface area contributed by atoms with Crippen molar-refractivity contribution in [3.63, 3.8) is 0 Å². The van der Waals surface area contributed by atoms with E-state index in [4.69, 9.17) is 23.2 Å². The Morgan fingerprint density at radius 2 is 1.48 bits per heavy atom. The van der Waals surface area contributed by atoms with Crippen molar-refractivity contribution in [3.8, 4) is 0 Å². The van der Waals surface area contributed by atoms with Gasteiger partial charge in [0.1, 0.15) is 17.6 Å². The third-order valence-electron chi connectivity index (χ3n) is 3.15. The Kier molecular flexibility index (Phi) is 7.09. The normalized spacial score (nSPS) is 11.6. The average molecular weight is 385 g/mol. The molecule has 9 heteroatoms. The lowest BCUT2D eigenvalue weighted by Gasteiger charge is -2.10. The molecule has 0 radical (unpaired) electrons. The molecule has 2 N–H and O–H groups in total. The highest BCUT2D eigenvalue weighted by atomic mass is 35.5. The summed E-state index contributed by atoms with van der Waals surface area (Å²) in [7, 11) is 0. The molecule has 0 aliphatic carbocycles. The van der Waals surface area contributed by atoms with Gasteiger partial charge in [0.05, 0.1) is 10.0 Å². The van der Waals surface area contributed by atoms with Gasteiger partial charge in [0.15, 0.2) is 0 Å². The maximum atomic E-state index is 13.8. The van der Waals surface area contributed by atoms with Crippen molar-refractivity contribution in [2.45, 2.75) is 12.6 Å². The van der Waals surface area contributed by atoms with Gasteiger partial charge in [-0.15, -0.1) is 0 Å². The van der Waals surface area contributed by atoms with E-state index < -0.39 is 18.0 Å². The van der Waals surface area contributed by atoms with Gasteiger partial charge in [-0.2, -0.15) is 0 Å². The molecular formula is C16H15Cl2FN4O2. The third-order valence-corrected chi connectivity index (χ3v) is 3.59. The van der Waals surface area contributed by atoms with Crippen molar-refractivity contribution >= 4 is 35.0 Å². The predicted octanol–water partition coefficient (Wildman–Crippen LogP) is 2.67. The van der Waals surface area contributed by atoms with Gasteiger partial charge in [-0.25, -0.2) is 14.4 Å². The fourth-order valence-corrected chi connectivity index (χ4v) is 2.07. The molecule has 0 fully saturated rings. The quantitative estimate of drug-likeness (QED) is 0.768. The number of aromatic nitrogens is 2. The number of amides is 2. The lowest BCUT2D eigenvalue weighted by atomic mass is 10.2. The summed E-state index contributed by atoms with van der Waals surface area (Å²) in [5.41, 5.74) is 0.348. The van der Waals surface area contributed by atoms with Gasteiger partial charge < -0.3 is 10.6 Å². The van der Waals surface area contributed by atoms with E-state index in [1.807, 2.05) is 0 Å². The topological polar surface area (TPSA) is 84.0 Å². The summed E-state index contributed by atoms with van der Waals surface area (Å²) in [6, 6.07) is 5.99. The molecule has 2 heterocycles. The second-order valence-corrected chi connectivity index (χ2v) is 5.95. The maximum Gasteiger partial charge on any atom is 0.269 e. The van der Waals surface area contributed by atoms with Crippen LogP contribution in [0.15, 0.2) is 36.7 Å². The van der Waals surface area contributed by atoms with Gasteiger partial charge in [-0.3, -0.25) is 9.59 Å². The summed E-state index contributed by atoms with van der Waals surface area (Å²) < 4.78 is 13.8. The summed E-state index contributed by atoms with van der Waals surface area (Å²) in [6.07, 6.45) is 1.43. The smallest absolute Gasteiger partial charge is 0.269 e. The molecule has 0 saturated heterocycles. The van der Waals surface area contributed by atoms with Gasteiger partial charge in [0.2, 0.25) is 0 Å². The Morgan fingerprint density at radius 1 is 0.960 bits per heavy atom. The second-order valence-electron chi connectivity index (χ2n) is 5.08. The molecule has 6 nitrogen and oxygen atoms in total. The van der Waals surface area contributed by atoms with E-state index in [0.29, 0.717) is 10.0 Å². The predicted molar refractivity (Wildman–Crippen MR) is 92.7 cm³/mol. The molecule has 0 unspecified atom stereocenters. The minimum atomic E-state index is -1.31. The third kappa shape index (κ3) is 6.28. The molecular weight excluding hydrogens is 370 g/mol. The van der Waals surface area contributed by atoms with Crippen LogP contribution in [-0.4, -0.2) is 41.0 Å². The van der Waals surface area contributed by atoms with Crippen molar-refractivity contribution in [1.82, 2.24) is 20.6 Å². The first-order valence-electron chi connectivity index (χ1n) is 7.39. The van der Waals surface area contributed by atoms with Crippen molar-refractivity contribution < 1.29 is 14.0 Å². The molecule has 2 aromatic heterocycles. The number of carbonyl (C=O) groups excluding carboxylic acids is 2. The number of rotatable bonds is 7. The number of carbonyl (C=O) groups is 2. The SMILES string of the molecule is O=C(NCC[C@H](F)CNC(=O)c1ccc(Cl)cn1)c1ccc(Cl)cn1. The van der Waals surface area contributed by atoms with Crippen LogP contribution in [0.25, 0.3) is 0 Å². The van der Waals surface area contributed by atoms with E-state index in [1.54, 1.807) is 6.07 Å². The lowest BCUT2D eigenvalue weighted by Crippen LogP contribution is -2.33. The number of hydrogen-bond acceptors (Lipinski definition) is 4. The molecule has 0 aliphatic heterocycles. The van der Waals surface area contributed by atoms with E-state index in [-0.39, 0.29) is 30.9 Å². The largest absolute Gasteiger partial charge is 0.351 e. The zero-order valence-electron chi connectivity index (χ0n) is 13.0. The molecule has 2 amide bonds.